The summed E-state index contributed by atoms with van der Waals surface area (Å²) >= 11 is 13.3. The zero-order valence-electron chi connectivity index (χ0n) is 24.8. The number of aldehydes is 1. The Morgan fingerprint density at radius 3 is 2.60 bits per heavy atom. The Hall–Kier alpha value is -4.13. The van der Waals surface area contributed by atoms with Crippen LogP contribution in [-0.2, 0) is 13.2 Å². The van der Waals surface area contributed by atoms with E-state index in [4.69, 9.17) is 42.7 Å². The van der Waals surface area contributed by atoms with Crippen LogP contribution in [0, 0.1) is 18.3 Å². The first-order chi connectivity index (χ1) is 21.9. The van der Waals surface area contributed by atoms with E-state index < -0.39 is 0 Å². The van der Waals surface area contributed by atoms with Crippen molar-refractivity contribution in [2.24, 2.45) is 0 Å². The Bertz CT molecular complexity index is 1710. The summed E-state index contributed by atoms with van der Waals surface area (Å²) in [5, 5.41) is 19.7. The van der Waals surface area contributed by atoms with Crippen molar-refractivity contribution >= 4 is 29.5 Å². The SMILES string of the molecule is Cc1c(COc2cc(OCc3cncc(C#N)c3)c(C=O)cc2Cl)cccc1-c1cccc(OCCCN2CC[C@@H](O)C2)c1Cl. The predicted octanol–water partition coefficient (Wildman–Crippen LogP) is 7.04. The predicted molar refractivity (Wildman–Crippen MR) is 173 cm³/mol. The molecule has 3 aromatic carbocycles. The molecular weight excluding hydrogens is 613 g/mol. The standard InChI is InChI=1S/C35H33Cl2N3O5/c1-23-26(22-45-34-15-33(27(20-41)14-31(34)36)44-21-25-13-24(16-38)17-39-18-25)5-2-6-29(23)30-7-3-8-32(35(30)37)43-12-4-10-40-11-9-28(42)19-40/h2-3,5-8,13-15,17-18,20,28,42H,4,9-12,19,21-22H2,1H3/t28-/m1/s1. The molecule has 232 valence electrons. The summed E-state index contributed by atoms with van der Waals surface area (Å²) in [7, 11) is 0. The lowest BCUT2D eigenvalue weighted by Gasteiger charge is -2.17. The molecule has 1 fully saturated rings. The van der Waals surface area contributed by atoms with Crippen LogP contribution in [-0.4, -0.2) is 53.6 Å². The maximum atomic E-state index is 11.7. The first-order valence-electron chi connectivity index (χ1n) is 14.6. The second-order valence-corrected chi connectivity index (χ2v) is 11.6. The zero-order valence-corrected chi connectivity index (χ0v) is 26.4. The van der Waals surface area contributed by atoms with E-state index in [0.29, 0.717) is 46.3 Å². The van der Waals surface area contributed by atoms with Gasteiger partial charge in [0.2, 0.25) is 0 Å². The van der Waals surface area contributed by atoms with E-state index in [1.54, 1.807) is 18.3 Å². The lowest BCUT2D eigenvalue weighted by Crippen LogP contribution is -2.24. The molecule has 0 aliphatic carbocycles. The van der Waals surface area contributed by atoms with Crippen LogP contribution in [0.5, 0.6) is 17.2 Å². The number of β-amino-alcohol motifs (C(OH)–C–C–N with tert-alkyl or cyclic N) is 1. The van der Waals surface area contributed by atoms with E-state index in [1.165, 1.54) is 12.3 Å². The molecule has 0 spiro atoms. The van der Waals surface area contributed by atoms with Crippen LogP contribution in [0.4, 0.5) is 0 Å². The summed E-state index contributed by atoms with van der Waals surface area (Å²) in [5.41, 5.74) is 5.12. The number of carbonyl (C=O) groups excluding carboxylic acids is 1. The largest absolute Gasteiger partial charge is 0.492 e. The Labute approximate surface area is 272 Å². The second kappa shape index (κ2) is 15.2. The number of nitrogens with zero attached hydrogens (tertiary/aromatic N) is 3. The van der Waals surface area contributed by atoms with Crippen molar-refractivity contribution < 1.29 is 24.1 Å². The molecule has 0 amide bonds. The molecule has 1 aromatic heterocycles. The van der Waals surface area contributed by atoms with Gasteiger partial charge in [-0.15, -0.1) is 0 Å². The number of aliphatic hydroxyl groups is 1. The van der Waals surface area contributed by atoms with Crippen LogP contribution in [0.2, 0.25) is 10.0 Å². The van der Waals surface area contributed by atoms with Crippen LogP contribution in [0.3, 0.4) is 0 Å². The average Bonchev–Trinajstić information content (AvgIpc) is 3.47. The van der Waals surface area contributed by atoms with Gasteiger partial charge >= 0.3 is 0 Å². The number of rotatable bonds is 13. The van der Waals surface area contributed by atoms with Crippen molar-refractivity contribution in [2.75, 3.05) is 26.2 Å². The van der Waals surface area contributed by atoms with Crippen molar-refractivity contribution in [2.45, 2.75) is 39.1 Å². The van der Waals surface area contributed by atoms with Crippen molar-refractivity contribution in [1.82, 2.24) is 9.88 Å². The first-order valence-corrected chi connectivity index (χ1v) is 15.4. The summed E-state index contributed by atoms with van der Waals surface area (Å²) in [6, 6.07) is 18.5. The van der Waals surface area contributed by atoms with Crippen LogP contribution >= 0.6 is 23.2 Å². The number of ether oxygens (including phenoxy) is 3. The van der Waals surface area contributed by atoms with E-state index in [2.05, 4.69) is 9.88 Å². The lowest BCUT2D eigenvalue weighted by molar-refractivity contribution is 0.111. The minimum Gasteiger partial charge on any atom is -0.492 e. The van der Waals surface area contributed by atoms with Gasteiger partial charge in [0, 0.05) is 49.2 Å². The summed E-state index contributed by atoms with van der Waals surface area (Å²) in [6.45, 7) is 5.37. The first kappa shape index (κ1) is 32.3. The number of pyridine rings is 1. The highest BCUT2D eigenvalue weighted by Gasteiger charge is 2.20. The van der Waals surface area contributed by atoms with Gasteiger partial charge in [0.1, 0.15) is 36.5 Å². The van der Waals surface area contributed by atoms with Gasteiger partial charge in [-0.3, -0.25) is 9.78 Å². The maximum Gasteiger partial charge on any atom is 0.153 e. The highest BCUT2D eigenvalue weighted by molar-refractivity contribution is 6.35. The molecule has 2 heterocycles. The maximum absolute atomic E-state index is 11.7. The van der Waals surface area contributed by atoms with Crippen molar-refractivity contribution in [1.29, 1.82) is 5.26 Å². The summed E-state index contributed by atoms with van der Waals surface area (Å²) in [5.74, 6) is 1.29. The molecule has 0 unspecified atom stereocenters. The number of aliphatic hydroxyl groups excluding tert-OH is 1. The number of hydrogen-bond donors (Lipinski definition) is 1. The fourth-order valence-electron chi connectivity index (χ4n) is 5.27. The third-order valence-electron chi connectivity index (χ3n) is 7.72. The minimum atomic E-state index is -0.226. The van der Waals surface area contributed by atoms with Gasteiger partial charge in [0.05, 0.1) is 33.9 Å². The number of likely N-dealkylation sites (tertiary alicyclic amines) is 1. The molecule has 45 heavy (non-hydrogen) atoms. The molecule has 8 nitrogen and oxygen atoms in total. The number of nitriles is 1. The van der Waals surface area contributed by atoms with Gasteiger partial charge in [-0.2, -0.15) is 5.26 Å². The quantitative estimate of drug-likeness (QED) is 0.122. The van der Waals surface area contributed by atoms with Gasteiger partial charge in [0.25, 0.3) is 0 Å². The summed E-state index contributed by atoms with van der Waals surface area (Å²) in [4.78, 5) is 18.0. The highest BCUT2D eigenvalue weighted by atomic mass is 35.5. The molecular formula is C35H33Cl2N3O5. The van der Waals surface area contributed by atoms with E-state index in [9.17, 15) is 9.90 Å². The van der Waals surface area contributed by atoms with Gasteiger partial charge in [-0.05, 0) is 54.7 Å². The van der Waals surface area contributed by atoms with Gasteiger partial charge in [-0.1, -0.05) is 53.5 Å². The Morgan fingerprint density at radius 1 is 1.02 bits per heavy atom. The van der Waals surface area contributed by atoms with Crippen molar-refractivity contribution in [3.05, 3.63) is 105 Å². The highest BCUT2D eigenvalue weighted by Crippen LogP contribution is 2.38. The fourth-order valence-corrected chi connectivity index (χ4v) is 5.78. The van der Waals surface area contributed by atoms with Crippen LogP contribution < -0.4 is 14.2 Å². The Kier molecular flexibility index (Phi) is 10.9. The number of hydrogen-bond acceptors (Lipinski definition) is 8. The smallest absolute Gasteiger partial charge is 0.153 e. The molecule has 1 atom stereocenters. The molecule has 0 saturated carbocycles. The average molecular weight is 647 g/mol. The molecule has 1 aliphatic heterocycles. The van der Waals surface area contributed by atoms with Gasteiger partial charge in [-0.25, -0.2) is 0 Å². The summed E-state index contributed by atoms with van der Waals surface area (Å²) < 4.78 is 18.1. The van der Waals surface area contributed by atoms with Crippen LogP contribution in [0.25, 0.3) is 11.1 Å². The lowest BCUT2D eigenvalue weighted by atomic mass is 9.96. The molecule has 1 saturated heterocycles. The molecule has 0 radical (unpaired) electrons. The minimum absolute atomic E-state index is 0.109. The van der Waals surface area contributed by atoms with Gasteiger partial charge in [0.15, 0.2) is 6.29 Å². The Morgan fingerprint density at radius 2 is 1.82 bits per heavy atom. The van der Waals surface area contributed by atoms with Crippen LogP contribution in [0.1, 0.15) is 45.5 Å². The van der Waals surface area contributed by atoms with E-state index in [1.807, 2.05) is 49.4 Å². The third-order valence-corrected chi connectivity index (χ3v) is 8.40. The molecule has 4 aromatic rings. The van der Waals surface area contributed by atoms with E-state index in [0.717, 1.165) is 54.7 Å². The number of aromatic nitrogens is 1. The summed E-state index contributed by atoms with van der Waals surface area (Å²) in [6.07, 6.45) is 5.18. The third kappa shape index (κ3) is 8.13. The van der Waals surface area contributed by atoms with Crippen LogP contribution in [0.15, 0.2) is 67.0 Å². The number of benzene rings is 3. The van der Waals surface area contributed by atoms with Crippen molar-refractivity contribution in [3.63, 3.8) is 0 Å². The van der Waals surface area contributed by atoms with Gasteiger partial charge < -0.3 is 24.2 Å². The topological polar surface area (TPSA) is 105 Å². The normalized spacial score (nSPS) is 14.6. The molecule has 1 N–H and O–H groups in total. The second-order valence-electron chi connectivity index (χ2n) is 10.9. The van der Waals surface area contributed by atoms with E-state index >= 15 is 0 Å². The molecule has 0 bridgehead atoms. The fraction of sp³-hybridized carbons (Fsp3) is 0.286. The number of carbonyl (C=O) groups is 1. The number of halogens is 2. The zero-order chi connectivity index (χ0) is 31.8. The molecule has 1 aliphatic rings. The Balaban J connectivity index is 1.26. The molecule has 5 rings (SSSR count). The van der Waals surface area contributed by atoms with E-state index in [-0.39, 0.29) is 29.9 Å². The van der Waals surface area contributed by atoms with Crippen molar-refractivity contribution in [3.8, 4) is 34.4 Å². The molecule has 10 heteroatoms. The monoisotopic (exact) mass is 645 g/mol.